The van der Waals surface area contributed by atoms with E-state index < -0.39 is 5.97 Å². The van der Waals surface area contributed by atoms with E-state index in [1.54, 1.807) is 50.2 Å². The van der Waals surface area contributed by atoms with Gasteiger partial charge in [-0.1, -0.05) is 6.07 Å². The maximum Gasteiger partial charge on any atom is 0.360 e. The number of benzene rings is 3. The summed E-state index contributed by atoms with van der Waals surface area (Å²) in [4.78, 5) is 26.4. The van der Waals surface area contributed by atoms with E-state index in [9.17, 15) is 9.59 Å². The van der Waals surface area contributed by atoms with Crippen LogP contribution >= 0.6 is 0 Å². The molecule has 0 fully saturated rings. The summed E-state index contributed by atoms with van der Waals surface area (Å²) in [5.74, 6) is 2.10. The highest BCUT2D eigenvalue weighted by atomic mass is 16.7. The van der Waals surface area contributed by atoms with E-state index in [-0.39, 0.29) is 12.6 Å². The summed E-state index contributed by atoms with van der Waals surface area (Å²) in [5, 5.41) is 1.35. The molecule has 8 nitrogen and oxygen atoms in total. The van der Waals surface area contributed by atoms with Gasteiger partial charge in [0.1, 0.15) is 11.4 Å². The Balaban J connectivity index is 1.66. The second-order valence-electron chi connectivity index (χ2n) is 8.70. The molecule has 1 aliphatic carbocycles. The molecule has 0 atom stereocenters. The zero-order valence-electron chi connectivity index (χ0n) is 20.0. The molecule has 182 valence electrons. The molecule has 1 aliphatic heterocycles. The number of carbonyl (C=O) groups is 2. The van der Waals surface area contributed by atoms with Crippen molar-refractivity contribution in [3.8, 4) is 39.9 Å². The molecule has 0 unspecified atom stereocenters. The number of ketones is 1. The quantitative estimate of drug-likeness (QED) is 0.292. The molecule has 0 bridgehead atoms. The molecule has 3 aromatic carbocycles. The first kappa shape index (κ1) is 22.0. The lowest BCUT2D eigenvalue weighted by Crippen LogP contribution is -2.14. The number of aromatic nitrogens is 1. The van der Waals surface area contributed by atoms with E-state index in [1.165, 1.54) is 0 Å². The summed E-state index contributed by atoms with van der Waals surface area (Å²) < 4.78 is 30.0. The minimum atomic E-state index is -0.504. The van der Waals surface area contributed by atoms with Crippen LogP contribution in [0.3, 0.4) is 0 Å². The second-order valence-corrected chi connectivity index (χ2v) is 8.70. The number of nitrogens with zero attached hydrogens (tertiary/aromatic N) is 1. The van der Waals surface area contributed by atoms with Crippen LogP contribution in [0.1, 0.15) is 32.8 Å². The van der Waals surface area contributed by atoms with Gasteiger partial charge in [0.15, 0.2) is 28.8 Å². The van der Waals surface area contributed by atoms with Crippen molar-refractivity contribution >= 4 is 22.5 Å². The smallest absolute Gasteiger partial charge is 0.360 e. The fourth-order valence-corrected chi connectivity index (χ4v) is 5.03. The number of ether oxygens (including phenoxy) is 5. The van der Waals surface area contributed by atoms with E-state index in [0.717, 1.165) is 11.1 Å². The number of aryl methyl sites for hydroxylation is 1. The number of carbonyl (C=O) groups excluding carboxylic acids is 2. The van der Waals surface area contributed by atoms with E-state index in [4.69, 9.17) is 23.7 Å². The van der Waals surface area contributed by atoms with Gasteiger partial charge in [-0.15, -0.1) is 0 Å². The Labute approximate surface area is 206 Å². The highest BCUT2D eigenvalue weighted by Crippen LogP contribution is 2.49. The zero-order chi connectivity index (χ0) is 25.0. The average Bonchev–Trinajstić information content (AvgIpc) is 3.63. The van der Waals surface area contributed by atoms with Gasteiger partial charge >= 0.3 is 5.97 Å². The summed E-state index contributed by atoms with van der Waals surface area (Å²) in [6, 6.07) is 12.7. The predicted molar refractivity (Wildman–Crippen MR) is 132 cm³/mol. The number of Topliss-reactive ketones (excluding diaryl/α,β-unsaturated/α-hetero) is 1. The molecule has 2 heterocycles. The number of methoxy groups -OCH3 is 2. The standard InChI is InChI=1S/C28H23NO7/c1-29-10-4-5-19(29)28(31)36-27-16-7-8-20(30)26(16)25(15-6-9-21-24(11-15)35-14-34-21)17-12-22(32-2)23(33-3)13-18(17)27/h4-6,9-13H,7-8,14H2,1-3H3. The van der Waals surface area contributed by atoms with Crippen molar-refractivity contribution in [2.75, 3.05) is 21.0 Å². The number of esters is 1. The highest BCUT2D eigenvalue weighted by molar-refractivity contribution is 6.17. The molecule has 0 radical (unpaired) electrons. The largest absolute Gasteiger partial charge is 0.493 e. The fraction of sp³-hybridized carbons (Fsp3) is 0.214. The lowest BCUT2D eigenvalue weighted by Gasteiger charge is -2.20. The molecule has 0 saturated carbocycles. The van der Waals surface area contributed by atoms with Gasteiger partial charge in [0.2, 0.25) is 6.79 Å². The van der Waals surface area contributed by atoms with E-state index >= 15 is 0 Å². The molecular weight excluding hydrogens is 462 g/mol. The first-order valence-corrected chi connectivity index (χ1v) is 11.5. The van der Waals surface area contributed by atoms with Gasteiger partial charge in [-0.05, 0) is 53.8 Å². The summed E-state index contributed by atoms with van der Waals surface area (Å²) in [6.45, 7) is 0.148. The SMILES string of the molecule is COc1cc2c(OC(=O)c3cccn3C)c3c(c(-c4ccc5c(c4)OCO5)c2cc1OC)C(=O)CC3. The van der Waals surface area contributed by atoms with Crippen LogP contribution < -0.4 is 23.7 Å². The Morgan fingerprint density at radius 2 is 1.67 bits per heavy atom. The lowest BCUT2D eigenvalue weighted by atomic mass is 9.89. The topological polar surface area (TPSA) is 85.2 Å². The van der Waals surface area contributed by atoms with E-state index in [2.05, 4.69) is 0 Å². The van der Waals surface area contributed by atoms with Gasteiger partial charge in [0, 0.05) is 41.7 Å². The maximum absolute atomic E-state index is 13.3. The van der Waals surface area contributed by atoms with Crippen LogP contribution in [0.2, 0.25) is 0 Å². The van der Waals surface area contributed by atoms with Crippen molar-refractivity contribution in [3.63, 3.8) is 0 Å². The number of fused-ring (bicyclic) bond motifs is 3. The molecule has 36 heavy (non-hydrogen) atoms. The van der Waals surface area contributed by atoms with E-state index in [1.807, 2.05) is 24.3 Å². The van der Waals surface area contributed by atoms with E-state index in [0.29, 0.717) is 69.2 Å². The van der Waals surface area contributed by atoms with Crippen molar-refractivity contribution in [1.29, 1.82) is 0 Å². The summed E-state index contributed by atoms with van der Waals surface area (Å²) in [6.07, 6.45) is 2.57. The monoisotopic (exact) mass is 485 g/mol. The Morgan fingerprint density at radius 3 is 2.39 bits per heavy atom. The van der Waals surface area contributed by atoms with Gasteiger partial charge in [-0.25, -0.2) is 4.79 Å². The molecular formula is C28H23NO7. The predicted octanol–water partition coefficient (Wildman–Crippen LogP) is 4.94. The third-order valence-corrected chi connectivity index (χ3v) is 6.75. The minimum Gasteiger partial charge on any atom is -0.493 e. The van der Waals surface area contributed by atoms with Gasteiger partial charge in [-0.2, -0.15) is 0 Å². The normalized spacial score (nSPS) is 13.7. The second kappa shape index (κ2) is 8.34. The third-order valence-electron chi connectivity index (χ3n) is 6.75. The molecule has 0 N–H and O–H groups in total. The molecule has 8 heteroatoms. The van der Waals surface area contributed by atoms with Crippen molar-refractivity contribution in [1.82, 2.24) is 4.57 Å². The first-order chi connectivity index (χ1) is 17.5. The summed E-state index contributed by atoms with van der Waals surface area (Å²) in [5.41, 5.74) is 3.18. The molecule has 6 rings (SSSR count). The molecule has 4 aromatic rings. The number of rotatable bonds is 5. The Bertz CT molecular complexity index is 1570. The lowest BCUT2D eigenvalue weighted by molar-refractivity contribution is 0.0725. The molecule has 0 spiro atoms. The van der Waals surface area contributed by atoms with Gasteiger partial charge in [0.25, 0.3) is 0 Å². The molecule has 0 amide bonds. The maximum atomic E-state index is 13.3. The van der Waals surface area contributed by atoms with Crippen LogP contribution in [0.4, 0.5) is 0 Å². The van der Waals surface area contributed by atoms with Crippen LogP contribution in [-0.2, 0) is 13.5 Å². The van der Waals surface area contributed by atoms with Crippen molar-refractivity contribution in [3.05, 3.63) is 65.5 Å². The molecule has 0 saturated heterocycles. The van der Waals surface area contributed by atoms with Crippen LogP contribution in [0.5, 0.6) is 28.7 Å². The fourth-order valence-electron chi connectivity index (χ4n) is 5.03. The summed E-state index contributed by atoms with van der Waals surface area (Å²) in [7, 11) is 4.88. The van der Waals surface area contributed by atoms with Gasteiger partial charge in [0.05, 0.1) is 14.2 Å². The summed E-state index contributed by atoms with van der Waals surface area (Å²) >= 11 is 0. The van der Waals surface area contributed by atoms with Crippen LogP contribution in [0.25, 0.3) is 21.9 Å². The van der Waals surface area contributed by atoms with Crippen molar-refractivity contribution < 1.29 is 33.3 Å². The highest BCUT2D eigenvalue weighted by Gasteiger charge is 2.33. The Hall–Kier alpha value is -4.46. The Morgan fingerprint density at radius 1 is 0.917 bits per heavy atom. The average molecular weight is 485 g/mol. The van der Waals surface area contributed by atoms with Crippen LogP contribution in [0.15, 0.2) is 48.7 Å². The zero-order valence-corrected chi connectivity index (χ0v) is 20.0. The van der Waals surface area contributed by atoms with Gasteiger partial charge < -0.3 is 28.3 Å². The minimum absolute atomic E-state index is 0.00878. The third kappa shape index (κ3) is 3.29. The molecule has 2 aliphatic rings. The van der Waals surface area contributed by atoms with Crippen molar-refractivity contribution in [2.24, 2.45) is 7.05 Å². The number of hydrogen-bond acceptors (Lipinski definition) is 7. The molecule has 1 aromatic heterocycles. The van der Waals surface area contributed by atoms with Crippen LogP contribution in [0, 0.1) is 0 Å². The van der Waals surface area contributed by atoms with Crippen LogP contribution in [-0.4, -0.2) is 37.3 Å². The first-order valence-electron chi connectivity index (χ1n) is 11.5. The van der Waals surface area contributed by atoms with Gasteiger partial charge in [-0.3, -0.25) is 4.79 Å². The number of hydrogen-bond donors (Lipinski definition) is 0. The van der Waals surface area contributed by atoms with Crippen molar-refractivity contribution in [2.45, 2.75) is 12.8 Å². The Kier molecular flexibility index (Phi) is 5.10.